The smallest absolute Gasteiger partial charge is 0.0589 e. The molecule has 0 aromatic carbocycles. The Kier molecular flexibility index (Phi) is 5.05. The predicted octanol–water partition coefficient (Wildman–Crippen LogP) is 2.39. The van der Waals surface area contributed by atoms with Crippen LogP contribution in [-0.4, -0.2) is 43.3 Å². The molecule has 1 aliphatic heterocycles. The van der Waals surface area contributed by atoms with Crippen LogP contribution < -0.4 is 5.73 Å². The second kappa shape index (κ2) is 6.36. The number of hydrogen-bond donors (Lipinski definition) is 1. The highest BCUT2D eigenvalue weighted by atomic mass is 16.5. The van der Waals surface area contributed by atoms with E-state index >= 15 is 0 Å². The molecular formula is C15H30N2O. The Morgan fingerprint density at radius 1 is 1.28 bits per heavy atom. The van der Waals surface area contributed by atoms with Crippen molar-refractivity contribution in [3.8, 4) is 0 Å². The highest BCUT2D eigenvalue weighted by molar-refractivity contribution is 4.98. The summed E-state index contributed by atoms with van der Waals surface area (Å²) >= 11 is 0. The summed E-state index contributed by atoms with van der Waals surface area (Å²) < 4.78 is 5.60. The second-order valence-corrected chi connectivity index (χ2v) is 6.22. The standard InChI is InChI=1S/C15H30N2O/c1-3-13-6-9-17(10-7-13)15(12-16)8-4-5-14(11-15)18-2/h13-14H,3-12,16H2,1-2H3. The van der Waals surface area contributed by atoms with Crippen LogP contribution in [0.1, 0.15) is 51.9 Å². The molecule has 2 fully saturated rings. The predicted molar refractivity (Wildman–Crippen MR) is 75.6 cm³/mol. The molecule has 0 amide bonds. The van der Waals surface area contributed by atoms with Crippen LogP contribution in [-0.2, 0) is 4.74 Å². The van der Waals surface area contributed by atoms with E-state index in [4.69, 9.17) is 10.5 Å². The maximum atomic E-state index is 6.16. The van der Waals surface area contributed by atoms with E-state index in [2.05, 4.69) is 11.8 Å². The minimum Gasteiger partial charge on any atom is -0.381 e. The zero-order chi connectivity index (χ0) is 13.0. The fraction of sp³-hybridized carbons (Fsp3) is 1.00. The summed E-state index contributed by atoms with van der Waals surface area (Å²) in [5.41, 5.74) is 6.39. The lowest BCUT2D eigenvalue weighted by molar-refractivity contribution is -0.0345. The van der Waals surface area contributed by atoms with E-state index in [1.807, 2.05) is 7.11 Å². The number of ether oxygens (including phenoxy) is 1. The molecule has 2 atom stereocenters. The van der Waals surface area contributed by atoms with Crippen molar-refractivity contribution in [3.05, 3.63) is 0 Å². The van der Waals surface area contributed by atoms with E-state index in [0.717, 1.165) is 18.9 Å². The van der Waals surface area contributed by atoms with Crippen molar-refractivity contribution in [2.24, 2.45) is 11.7 Å². The van der Waals surface area contributed by atoms with Gasteiger partial charge in [0, 0.05) is 19.2 Å². The summed E-state index contributed by atoms with van der Waals surface area (Å²) in [5.74, 6) is 0.942. The molecule has 106 valence electrons. The molecule has 0 aromatic rings. The van der Waals surface area contributed by atoms with E-state index in [1.54, 1.807) is 0 Å². The number of rotatable bonds is 4. The third kappa shape index (κ3) is 2.89. The van der Waals surface area contributed by atoms with Crippen LogP contribution in [0.5, 0.6) is 0 Å². The molecule has 1 saturated heterocycles. The first kappa shape index (κ1) is 14.3. The zero-order valence-electron chi connectivity index (χ0n) is 12.2. The lowest BCUT2D eigenvalue weighted by atomic mass is 9.77. The molecular weight excluding hydrogens is 224 g/mol. The Hall–Kier alpha value is -0.120. The van der Waals surface area contributed by atoms with Gasteiger partial charge in [-0.25, -0.2) is 0 Å². The summed E-state index contributed by atoms with van der Waals surface area (Å²) in [6.07, 6.45) is 9.35. The monoisotopic (exact) mass is 254 g/mol. The van der Waals surface area contributed by atoms with Crippen molar-refractivity contribution in [1.82, 2.24) is 4.90 Å². The summed E-state index contributed by atoms with van der Waals surface area (Å²) in [5, 5.41) is 0. The van der Waals surface area contributed by atoms with Crippen molar-refractivity contribution in [1.29, 1.82) is 0 Å². The molecule has 2 unspecified atom stereocenters. The molecule has 0 aromatic heterocycles. The van der Waals surface area contributed by atoms with Gasteiger partial charge in [-0.05, 0) is 57.5 Å². The van der Waals surface area contributed by atoms with Gasteiger partial charge in [0.2, 0.25) is 0 Å². The Bertz CT molecular complexity index is 251. The fourth-order valence-electron chi connectivity index (χ4n) is 3.91. The van der Waals surface area contributed by atoms with Crippen LogP contribution in [0.25, 0.3) is 0 Å². The van der Waals surface area contributed by atoms with Gasteiger partial charge in [-0.3, -0.25) is 4.90 Å². The van der Waals surface area contributed by atoms with Crippen molar-refractivity contribution >= 4 is 0 Å². The van der Waals surface area contributed by atoms with Gasteiger partial charge in [-0.2, -0.15) is 0 Å². The molecule has 2 rings (SSSR count). The number of hydrogen-bond acceptors (Lipinski definition) is 3. The van der Waals surface area contributed by atoms with Crippen molar-refractivity contribution in [2.75, 3.05) is 26.7 Å². The number of nitrogens with two attached hydrogens (primary N) is 1. The topological polar surface area (TPSA) is 38.5 Å². The molecule has 2 N–H and O–H groups in total. The normalized spacial score (nSPS) is 35.8. The van der Waals surface area contributed by atoms with Gasteiger partial charge in [-0.15, -0.1) is 0 Å². The molecule has 0 spiro atoms. The van der Waals surface area contributed by atoms with Crippen LogP contribution >= 0.6 is 0 Å². The Morgan fingerprint density at radius 3 is 2.56 bits per heavy atom. The lowest BCUT2D eigenvalue weighted by Gasteiger charge is -2.50. The summed E-state index contributed by atoms with van der Waals surface area (Å²) in [6.45, 7) is 5.60. The van der Waals surface area contributed by atoms with Gasteiger partial charge >= 0.3 is 0 Å². The summed E-state index contributed by atoms with van der Waals surface area (Å²) in [4.78, 5) is 2.68. The third-order valence-corrected chi connectivity index (χ3v) is 5.35. The second-order valence-electron chi connectivity index (χ2n) is 6.22. The van der Waals surface area contributed by atoms with E-state index in [1.165, 1.54) is 51.6 Å². The van der Waals surface area contributed by atoms with Gasteiger partial charge < -0.3 is 10.5 Å². The first-order valence-corrected chi connectivity index (χ1v) is 7.72. The van der Waals surface area contributed by atoms with Gasteiger partial charge in [0.25, 0.3) is 0 Å². The molecule has 0 bridgehead atoms. The molecule has 2 aliphatic rings. The zero-order valence-corrected chi connectivity index (χ0v) is 12.2. The molecule has 1 heterocycles. The highest BCUT2D eigenvalue weighted by Crippen LogP contribution is 2.37. The van der Waals surface area contributed by atoms with E-state index in [9.17, 15) is 0 Å². The van der Waals surface area contributed by atoms with Crippen LogP contribution in [0.4, 0.5) is 0 Å². The molecule has 18 heavy (non-hydrogen) atoms. The van der Waals surface area contributed by atoms with Crippen LogP contribution in [0.2, 0.25) is 0 Å². The van der Waals surface area contributed by atoms with E-state index < -0.39 is 0 Å². The van der Waals surface area contributed by atoms with E-state index in [-0.39, 0.29) is 5.54 Å². The van der Waals surface area contributed by atoms with Crippen molar-refractivity contribution < 1.29 is 4.74 Å². The van der Waals surface area contributed by atoms with Gasteiger partial charge in [0.1, 0.15) is 0 Å². The molecule has 1 aliphatic carbocycles. The van der Waals surface area contributed by atoms with Gasteiger partial charge in [-0.1, -0.05) is 13.3 Å². The minimum atomic E-state index is 0.234. The van der Waals surface area contributed by atoms with Crippen LogP contribution in [0, 0.1) is 5.92 Å². The molecule has 3 nitrogen and oxygen atoms in total. The molecule has 1 saturated carbocycles. The number of methoxy groups -OCH3 is 1. The van der Waals surface area contributed by atoms with E-state index in [0.29, 0.717) is 6.10 Å². The average molecular weight is 254 g/mol. The van der Waals surface area contributed by atoms with Gasteiger partial charge in [0.05, 0.1) is 6.10 Å². The average Bonchev–Trinajstić information content (AvgIpc) is 2.47. The number of nitrogens with zero attached hydrogens (tertiary/aromatic N) is 1. The largest absolute Gasteiger partial charge is 0.381 e. The molecule has 3 heteroatoms. The first-order chi connectivity index (χ1) is 8.74. The fourth-order valence-corrected chi connectivity index (χ4v) is 3.91. The minimum absolute atomic E-state index is 0.234. The highest BCUT2D eigenvalue weighted by Gasteiger charge is 2.41. The van der Waals surface area contributed by atoms with Crippen LogP contribution in [0.3, 0.4) is 0 Å². The Labute approximate surface area is 112 Å². The third-order valence-electron chi connectivity index (χ3n) is 5.35. The SMILES string of the molecule is CCC1CCN(C2(CN)CCCC(OC)C2)CC1. The maximum Gasteiger partial charge on any atom is 0.0589 e. The summed E-state index contributed by atoms with van der Waals surface area (Å²) in [7, 11) is 1.85. The quantitative estimate of drug-likeness (QED) is 0.837. The number of piperidine rings is 1. The Morgan fingerprint density at radius 2 is 2.00 bits per heavy atom. The van der Waals surface area contributed by atoms with Crippen molar-refractivity contribution in [3.63, 3.8) is 0 Å². The first-order valence-electron chi connectivity index (χ1n) is 7.72. The van der Waals surface area contributed by atoms with Crippen molar-refractivity contribution in [2.45, 2.75) is 63.5 Å². The molecule has 0 radical (unpaired) electrons. The lowest BCUT2D eigenvalue weighted by Crippen LogP contribution is -2.59. The summed E-state index contributed by atoms with van der Waals surface area (Å²) in [6, 6.07) is 0. The van der Waals surface area contributed by atoms with Crippen LogP contribution in [0.15, 0.2) is 0 Å². The Balaban J connectivity index is 1.99. The maximum absolute atomic E-state index is 6.16. The number of likely N-dealkylation sites (tertiary alicyclic amines) is 1. The van der Waals surface area contributed by atoms with Gasteiger partial charge in [0.15, 0.2) is 0 Å².